The molecule has 4 nitrogen and oxygen atoms in total. The van der Waals surface area contributed by atoms with Crippen LogP contribution in [0.4, 0.5) is 0 Å². The van der Waals surface area contributed by atoms with Crippen LogP contribution < -0.4 is 10.1 Å². The average Bonchev–Trinajstić information content (AvgIpc) is 3.19. The predicted molar refractivity (Wildman–Crippen MR) is 104 cm³/mol. The first-order chi connectivity index (χ1) is 12.7. The van der Waals surface area contributed by atoms with Gasteiger partial charge in [-0.05, 0) is 55.6 Å². The summed E-state index contributed by atoms with van der Waals surface area (Å²) in [6.07, 6.45) is 2.80. The highest BCUT2D eigenvalue weighted by Gasteiger charge is 2.18. The first kappa shape index (κ1) is 18.5. The number of hydrogen-bond acceptors (Lipinski definition) is 3. The van der Waals surface area contributed by atoms with E-state index in [4.69, 9.17) is 4.74 Å². The molecule has 0 aromatic heterocycles. The molecule has 0 bridgehead atoms. The van der Waals surface area contributed by atoms with Crippen LogP contribution in [0.15, 0.2) is 54.6 Å². The van der Waals surface area contributed by atoms with E-state index < -0.39 is 6.10 Å². The third-order valence-electron chi connectivity index (χ3n) is 4.78. The lowest BCUT2D eigenvalue weighted by Crippen LogP contribution is -2.37. The van der Waals surface area contributed by atoms with Crippen LogP contribution >= 0.6 is 0 Å². The number of para-hydroxylation sites is 1. The molecule has 138 valence electrons. The van der Waals surface area contributed by atoms with Gasteiger partial charge in [-0.2, -0.15) is 0 Å². The van der Waals surface area contributed by atoms with Gasteiger partial charge in [-0.15, -0.1) is 0 Å². The van der Waals surface area contributed by atoms with Gasteiger partial charge in [0.2, 0.25) is 0 Å². The summed E-state index contributed by atoms with van der Waals surface area (Å²) >= 11 is 0. The summed E-state index contributed by atoms with van der Waals surface area (Å²) in [6, 6.07) is 18.0. The summed E-state index contributed by atoms with van der Waals surface area (Å²) in [7, 11) is 0. The number of hydrogen-bond donors (Lipinski definition) is 1. The molecule has 2 aromatic carbocycles. The van der Waals surface area contributed by atoms with Gasteiger partial charge in [0.15, 0.2) is 6.10 Å². The quantitative estimate of drug-likeness (QED) is 0.786. The van der Waals surface area contributed by atoms with Crippen molar-refractivity contribution >= 4 is 5.91 Å². The Hall–Kier alpha value is -2.33. The van der Waals surface area contributed by atoms with Crippen molar-refractivity contribution in [2.45, 2.75) is 45.4 Å². The van der Waals surface area contributed by atoms with Crippen LogP contribution in [0.1, 0.15) is 37.3 Å². The lowest BCUT2D eigenvalue weighted by molar-refractivity contribution is -0.128. The molecule has 3 rings (SSSR count). The molecule has 2 aromatic rings. The number of carbonyl (C=O) groups excluding carboxylic acids is 1. The zero-order valence-corrected chi connectivity index (χ0v) is 15.5. The van der Waals surface area contributed by atoms with Crippen LogP contribution in [0.25, 0.3) is 0 Å². The minimum absolute atomic E-state index is 0.0718. The molecule has 1 heterocycles. The van der Waals surface area contributed by atoms with Crippen molar-refractivity contribution in [1.29, 1.82) is 0 Å². The summed E-state index contributed by atoms with van der Waals surface area (Å²) in [4.78, 5) is 14.9. The molecule has 26 heavy (non-hydrogen) atoms. The van der Waals surface area contributed by atoms with Gasteiger partial charge in [0.25, 0.3) is 5.91 Å². The summed E-state index contributed by atoms with van der Waals surface area (Å²) in [5, 5.41) is 2.99. The fraction of sp³-hybridized carbons (Fsp3) is 0.409. The fourth-order valence-electron chi connectivity index (χ4n) is 3.25. The second kappa shape index (κ2) is 9.39. The van der Waals surface area contributed by atoms with Crippen molar-refractivity contribution in [2.75, 3.05) is 13.1 Å². The van der Waals surface area contributed by atoms with Gasteiger partial charge < -0.3 is 10.1 Å². The highest BCUT2D eigenvalue weighted by molar-refractivity contribution is 5.81. The van der Waals surface area contributed by atoms with E-state index in [1.54, 1.807) is 0 Å². The van der Waals surface area contributed by atoms with Gasteiger partial charge in [0, 0.05) is 13.1 Å². The van der Waals surface area contributed by atoms with Gasteiger partial charge in [-0.25, -0.2) is 0 Å². The second-order valence-corrected chi connectivity index (χ2v) is 6.85. The molecule has 4 heteroatoms. The first-order valence-corrected chi connectivity index (χ1v) is 9.54. The van der Waals surface area contributed by atoms with Crippen LogP contribution in [-0.2, 0) is 17.9 Å². The lowest BCUT2D eigenvalue weighted by atomic mass is 10.1. The van der Waals surface area contributed by atoms with Crippen molar-refractivity contribution in [3.05, 3.63) is 65.7 Å². The molecule has 1 aliphatic rings. The van der Waals surface area contributed by atoms with Crippen LogP contribution in [0.2, 0.25) is 0 Å². The monoisotopic (exact) mass is 352 g/mol. The Morgan fingerprint density at radius 3 is 2.35 bits per heavy atom. The third-order valence-corrected chi connectivity index (χ3v) is 4.78. The second-order valence-electron chi connectivity index (χ2n) is 6.85. The molecule has 1 N–H and O–H groups in total. The first-order valence-electron chi connectivity index (χ1n) is 9.54. The van der Waals surface area contributed by atoms with Crippen molar-refractivity contribution < 1.29 is 9.53 Å². The minimum atomic E-state index is -0.466. The summed E-state index contributed by atoms with van der Waals surface area (Å²) in [6.45, 7) is 5.92. The molecule has 0 aliphatic carbocycles. The third kappa shape index (κ3) is 5.33. The number of carbonyl (C=O) groups is 1. The van der Waals surface area contributed by atoms with E-state index in [1.165, 1.54) is 31.5 Å². The maximum absolute atomic E-state index is 12.4. The van der Waals surface area contributed by atoms with Gasteiger partial charge in [0.1, 0.15) is 5.75 Å². The molecule has 1 aliphatic heterocycles. The Bertz CT molecular complexity index is 679. The normalized spacial score (nSPS) is 15.6. The van der Waals surface area contributed by atoms with Crippen molar-refractivity contribution in [1.82, 2.24) is 10.2 Å². The average molecular weight is 352 g/mol. The minimum Gasteiger partial charge on any atom is -0.481 e. The van der Waals surface area contributed by atoms with Crippen LogP contribution in [-0.4, -0.2) is 30.0 Å². The number of ether oxygens (including phenoxy) is 1. The Balaban J connectivity index is 1.48. The number of rotatable bonds is 8. The van der Waals surface area contributed by atoms with E-state index in [1.807, 2.05) is 37.3 Å². The maximum Gasteiger partial charge on any atom is 0.261 e. The number of amides is 1. The molecule has 1 saturated heterocycles. The molecule has 0 spiro atoms. The van der Waals surface area contributed by atoms with E-state index in [9.17, 15) is 4.79 Å². The van der Waals surface area contributed by atoms with Crippen LogP contribution in [0, 0.1) is 0 Å². The van der Waals surface area contributed by atoms with Gasteiger partial charge in [-0.1, -0.05) is 49.4 Å². The van der Waals surface area contributed by atoms with Crippen molar-refractivity contribution in [3.63, 3.8) is 0 Å². The summed E-state index contributed by atoms with van der Waals surface area (Å²) in [5.74, 6) is 0.651. The van der Waals surface area contributed by atoms with E-state index in [2.05, 4.69) is 34.5 Å². The standard InChI is InChI=1S/C22H28N2O2/c1-2-21(26-20-8-4-3-5-9-20)22(25)23-16-18-10-12-19(13-11-18)17-24-14-6-7-15-24/h3-5,8-13,21H,2,6-7,14-17H2,1H3,(H,23,25)/t21-/m0/s1. The summed E-state index contributed by atoms with van der Waals surface area (Å²) in [5.41, 5.74) is 2.44. The Morgan fingerprint density at radius 1 is 1.04 bits per heavy atom. The van der Waals surface area contributed by atoms with Gasteiger partial charge >= 0.3 is 0 Å². The van der Waals surface area contributed by atoms with E-state index in [0.29, 0.717) is 13.0 Å². The molecule has 1 fully saturated rings. The Labute approximate surface area is 156 Å². The topological polar surface area (TPSA) is 41.6 Å². The fourth-order valence-corrected chi connectivity index (χ4v) is 3.25. The predicted octanol–water partition coefficient (Wildman–Crippen LogP) is 3.76. The smallest absolute Gasteiger partial charge is 0.261 e. The van der Waals surface area contributed by atoms with Gasteiger partial charge in [0.05, 0.1) is 0 Å². The molecular formula is C22H28N2O2. The number of nitrogens with one attached hydrogen (secondary N) is 1. The van der Waals surface area contributed by atoms with Crippen molar-refractivity contribution in [2.24, 2.45) is 0 Å². The van der Waals surface area contributed by atoms with Gasteiger partial charge in [-0.3, -0.25) is 9.69 Å². The molecular weight excluding hydrogens is 324 g/mol. The molecule has 0 unspecified atom stereocenters. The molecule has 0 radical (unpaired) electrons. The molecule has 1 atom stereocenters. The lowest BCUT2D eigenvalue weighted by Gasteiger charge is -2.17. The number of likely N-dealkylation sites (tertiary alicyclic amines) is 1. The number of benzene rings is 2. The summed E-state index contributed by atoms with van der Waals surface area (Å²) < 4.78 is 5.79. The maximum atomic E-state index is 12.4. The Morgan fingerprint density at radius 2 is 1.69 bits per heavy atom. The zero-order valence-electron chi connectivity index (χ0n) is 15.5. The Kier molecular flexibility index (Phi) is 6.67. The number of nitrogens with zero attached hydrogens (tertiary/aromatic N) is 1. The molecule has 1 amide bonds. The van der Waals surface area contributed by atoms with E-state index >= 15 is 0 Å². The highest BCUT2D eigenvalue weighted by Crippen LogP contribution is 2.14. The highest BCUT2D eigenvalue weighted by atomic mass is 16.5. The largest absolute Gasteiger partial charge is 0.481 e. The SMILES string of the molecule is CC[C@H](Oc1ccccc1)C(=O)NCc1ccc(CN2CCCC2)cc1. The van der Waals surface area contributed by atoms with Crippen molar-refractivity contribution in [3.8, 4) is 5.75 Å². The molecule has 0 saturated carbocycles. The van der Waals surface area contributed by atoms with Crippen LogP contribution in [0.5, 0.6) is 5.75 Å². The van der Waals surface area contributed by atoms with E-state index in [0.717, 1.165) is 17.9 Å². The van der Waals surface area contributed by atoms with Crippen LogP contribution in [0.3, 0.4) is 0 Å². The van der Waals surface area contributed by atoms with E-state index in [-0.39, 0.29) is 5.91 Å². The zero-order chi connectivity index (χ0) is 18.2.